The van der Waals surface area contributed by atoms with Crippen molar-refractivity contribution in [2.45, 2.75) is 32.5 Å². The zero-order valence-corrected chi connectivity index (χ0v) is 14.8. The molecular formula is C17H23ClFNO4. The van der Waals surface area contributed by atoms with Gasteiger partial charge >= 0.3 is 6.09 Å². The summed E-state index contributed by atoms with van der Waals surface area (Å²) in [5.74, 6) is -0.869. The van der Waals surface area contributed by atoms with Gasteiger partial charge in [0.2, 0.25) is 0 Å². The van der Waals surface area contributed by atoms with Gasteiger partial charge in [-0.15, -0.1) is 0 Å². The molecule has 134 valence electrons. The van der Waals surface area contributed by atoms with Crippen molar-refractivity contribution in [3.05, 3.63) is 34.6 Å². The first-order valence-corrected chi connectivity index (χ1v) is 8.24. The fourth-order valence-corrected chi connectivity index (χ4v) is 2.79. The Bertz CT molecular complexity index is 590. The van der Waals surface area contributed by atoms with E-state index in [4.69, 9.17) is 21.1 Å². The van der Waals surface area contributed by atoms with Crippen LogP contribution in [-0.4, -0.2) is 48.0 Å². The Hall–Kier alpha value is -1.37. The molecule has 1 aromatic carbocycles. The average molecular weight is 360 g/mol. The molecule has 1 aliphatic heterocycles. The number of aliphatic hydroxyl groups is 1. The van der Waals surface area contributed by atoms with E-state index in [1.54, 1.807) is 26.8 Å². The smallest absolute Gasteiger partial charge is 0.410 e. The molecule has 1 amide bonds. The van der Waals surface area contributed by atoms with E-state index in [9.17, 15) is 14.3 Å². The molecular weight excluding hydrogens is 337 g/mol. The van der Waals surface area contributed by atoms with E-state index in [2.05, 4.69) is 0 Å². The standard InChI is InChI=1S/C17H23ClFNO4/c1-17(2,3)24-16(22)20-6-7-23-15(12(9-20)10-21)11-4-5-14(19)13(18)8-11/h4-5,8,12,15,21H,6-7,9-10H2,1-3H3. The largest absolute Gasteiger partial charge is 0.444 e. The third-order valence-electron chi connectivity index (χ3n) is 3.70. The van der Waals surface area contributed by atoms with E-state index in [0.717, 1.165) is 0 Å². The first kappa shape index (κ1) is 19.0. The third-order valence-corrected chi connectivity index (χ3v) is 3.99. The van der Waals surface area contributed by atoms with Crippen molar-refractivity contribution in [3.8, 4) is 0 Å². The lowest BCUT2D eigenvalue weighted by atomic mass is 9.96. The van der Waals surface area contributed by atoms with Crippen molar-refractivity contribution in [2.24, 2.45) is 5.92 Å². The summed E-state index contributed by atoms with van der Waals surface area (Å²) < 4.78 is 24.5. The number of carbonyl (C=O) groups is 1. The molecule has 0 bridgehead atoms. The molecule has 0 aliphatic carbocycles. The van der Waals surface area contributed by atoms with Gasteiger partial charge in [-0.2, -0.15) is 0 Å². The van der Waals surface area contributed by atoms with E-state index in [-0.39, 0.29) is 30.7 Å². The van der Waals surface area contributed by atoms with Gasteiger partial charge in [-0.1, -0.05) is 17.7 Å². The van der Waals surface area contributed by atoms with Crippen molar-refractivity contribution in [1.82, 2.24) is 4.90 Å². The minimum absolute atomic E-state index is 0.000958. The van der Waals surface area contributed by atoms with Crippen molar-refractivity contribution in [3.63, 3.8) is 0 Å². The van der Waals surface area contributed by atoms with Crippen molar-refractivity contribution < 1.29 is 23.8 Å². The van der Waals surface area contributed by atoms with Gasteiger partial charge in [0.25, 0.3) is 0 Å². The highest BCUT2D eigenvalue weighted by molar-refractivity contribution is 6.30. The molecule has 24 heavy (non-hydrogen) atoms. The Morgan fingerprint density at radius 1 is 1.50 bits per heavy atom. The zero-order valence-electron chi connectivity index (χ0n) is 14.1. The highest BCUT2D eigenvalue weighted by Gasteiger charge is 2.32. The topological polar surface area (TPSA) is 59.0 Å². The summed E-state index contributed by atoms with van der Waals surface area (Å²) in [5, 5.41) is 9.74. The molecule has 2 atom stereocenters. The highest BCUT2D eigenvalue weighted by Crippen LogP contribution is 2.31. The summed E-state index contributed by atoms with van der Waals surface area (Å²) in [6.07, 6.45) is -0.914. The predicted molar refractivity (Wildman–Crippen MR) is 88.5 cm³/mol. The van der Waals surface area contributed by atoms with Crippen LogP contribution in [0, 0.1) is 11.7 Å². The Balaban J connectivity index is 2.16. The number of nitrogens with zero attached hydrogens (tertiary/aromatic N) is 1. The fourth-order valence-electron chi connectivity index (χ4n) is 2.60. The summed E-state index contributed by atoms with van der Waals surface area (Å²) in [6, 6.07) is 4.34. The number of hydrogen-bond donors (Lipinski definition) is 1. The van der Waals surface area contributed by atoms with Crippen molar-refractivity contribution in [1.29, 1.82) is 0 Å². The number of rotatable bonds is 2. The second kappa shape index (κ2) is 7.68. The lowest BCUT2D eigenvalue weighted by molar-refractivity contribution is 0.0108. The molecule has 0 spiro atoms. The van der Waals surface area contributed by atoms with Gasteiger partial charge in [0.05, 0.1) is 24.3 Å². The Labute approximate surface area is 146 Å². The average Bonchev–Trinajstić information content (AvgIpc) is 2.70. The number of aliphatic hydroxyl groups excluding tert-OH is 1. The van der Waals surface area contributed by atoms with Crippen LogP contribution in [0.5, 0.6) is 0 Å². The van der Waals surface area contributed by atoms with Crippen LogP contribution < -0.4 is 0 Å². The summed E-state index contributed by atoms with van der Waals surface area (Å²) in [7, 11) is 0. The zero-order chi connectivity index (χ0) is 17.9. The molecule has 1 heterocycles. The summed E-state index contributed by atoms with van der Waals surface area (Å²) >= 11 is 5.84. The van der Waals surface area contributed by atoms with Crippen LogP contribution in [0.15, 0.2) is 18.2 Å². The molecule has 0 aromatic heterocycles. The molecule has 2 unspecified atom stereocenters. The maximum absolute atomic E-state index is 13.4. The fraction of sp³-hybridized carbons (Fsp3) is 0.588. The molecule has 1 fully saturated rings. The minimum atomic E-state index is -0.594. The van der Waals surface area contributed by atoms with Gasteiger partial charge in [-0.05, 0) is 38.5 Å². The Morgan fingerprint density at radius 3 is 2.79 bits per heavy atom. The maximum Gasteiger partial charge on any atom is 0.410 e. The van der Waals surface area contributed by atoms with Gasteiger partial charge in [0, 0.05) is 19.0 Å². The van der Waals surface area contributed by atoms with Crippen LogP contribution in [0.2, 0.25) is 5.02 Å². The first-order chi connectivity index (χ1) is 11.2. The molecule has 1 N–H and O–H groups in total. The van der Waals surface area contributed by atoms with Crippen LogP contribution >= 0.6 is 11.6 Å². The maximum atomic E-state index is 13.4. The van der Waals surface area contributed by atoms with E-state index in [1.807, 2.05) is 0 Å². The van der Waals surface area contributed by atoms with E-state index < -0.39 is 23.6 Å². The second-order valence-corrected chi connectivity index (χ2v) is 7.24. The number of ether oxygens (including phenoxy) is 2. The summed E-state index contributed by atoms with van der Waals surface area (Å²) in [5.41, 5.74) is 0.0783. The summed E-state index contributed by atoms with van der Waals surface area (Å²) in [6.45, 7) is 6.14. The first-order valence-electron chi connectivity index (χ1n) is 7.86. The third kappa shape index (κ3) is 4.82. The Morgan fingerprint density at radius 2 is 2.21 bits per heavy atom. The van der Waals surface area contributed by atoms with Crippen molar-refractivity contribution >= 4 is 17.7 Å². The molecule has 7 heteroatoms. The van der Waals surface area contributed by atoms with Crippen LogP contribution in [0.4, 0.5) is 9.18 Å². The molecule has 2 rings (SSSR count). The summed E-state index contributed by atoms with van der Waals surface area (Å²) in [4.78, 5) is 13.8. The van der Waals surface area contributed by atoms with Crippen molar-refractivity contribution in [2.75, 3.05) is 26.3 Å². The minimum Gasteiger partial charge on any atom is -0.444 e. The molecule has 1 aliphatic rings. The number of carbonyl (C=O) groups excluding carboxylic acids is 1. The Kier molecular flexibility index (Phi) is 6.06. The number of amides is 1. The van der Waals surface area contributed by atoms with E-state index in [0.29, 0.717) is 12.1 Å². The van der Waals surface area contributed by atoms with Gasteiger partial charge in [-0.3, -0.25) is 0 Å². The second-order valence-electron chi connectivity index (χ2n) is 6.83. The van der Waals surface area contributed by atoms with Crippen LogP contribution in [-0.2, 0) is 9.47 Å². The lowest BCUT2D eigenvalue weighted by Gasteiger charge is -2.29. The van der Waals surface area contributed by atoms with Gasteiger partial charge < -0.3 is 19.5 Å². The lowest BCUT2D eigenvalue weighted by Crippen LogP contribution is -2.40. The van der Waals surface area contributed by atoms with Gasteiger partial charge in [-0.25, -0.2) is 9.18 Å². The molecule has 0 radical (unpaired) electrons. The van der Waals surface area contributed by atoms with Crippen LogP contribution in [0.1, 0.15) is 32.4 Å². The van der Waals surface area contributed by atoms with Crippen LogP contribution in [0.3, 0.4) is 0 Å². The number of benzene rings is 1. The van der Waals surface area contributed by atoms with E-state index >= 15 is 0 Å². The van der Waals surface area contributed by atoms with Gasteiger partial charge in [0.15, 0.2) is 0 Å². The molecule has 0 saturated carbocycles. The number of halogens is 2. The quantitative estimate of drug-likeness (QED) is 0.879. The van der Waals surface area contributed by atoms with Gasteiger partial charge in [0.1, 0.15) is 11.4 Å². The van der Waals surface area contributed by atoms with E-state index in [1.165, 1.54) is 17.0 Å². The predicted octanol–water partition coefficient (Wildman–Crippen LogP) is 3.40. The highest BCUT2D eigenvalue weighted by atomic mass is 35.5. The molecule has 1 saturated heterocycles. The SMILES string of the molecule is CC(C)(C)OC(=O)N1CCOC(c2ccc(F)c(Cl)c2)C(CO)C1. The molecule has 1 aromatic rings. The van der Waals surface area contributed by atoms with Crippen LogP contribution in [0.25, 0.3) is 0 Å². The number of hydrogen-bond acceptors (Lipinski definition) is 4. The monoisotopic (exact) mass is 359 g/mol. The molecule has 5 nitrogen and oxygen atoms in total. The normalized spacial score (nSPS) is 22.2.